The monoisotopic (exact) mass is 302 g/mol. The third kappa shape index (κ3) is 2.54. The predicted molar refractivity (Wildman–Crippen MR) is 69.1 cm³/mol. The maximum absolute atomic E-state index is 13.7. The Kier molecular flexibility index (Phi) is 3.58. The molecule has 1 aliphatic carbocycles. The van der Waals surface area contributed by atoms with E-state index in [4.69, 9.17) is 0 Å². The summed E-state index contributed by atoms with van der Waals surface area (Å²) in [6, 6.07) is 3.68. The van der Waals surface area contributed by atoms with Gasteiger partial charge in [-0.15, -0.1) is 0 Å². The Bertz CT molecular complexity index is 415. The van der Waals surface area contributed by atoms with Crippen LogP contribution in [0.1, 0.15) is 43.5 Å². The number of benzene rings is 1. The van der Waals surface area contributed by atoms with Crippen LogP contribution in [0.2, 0.25) is 0 Å². The zero-order valence-corrected chi connectivity index (χ0v) is 11.7. The van der Waals surface area contributed by atoms with Gasteiger partial charge >= 0.3 is 0 Å². The minimum atomic E-state index is -0.373. The molecule has 1 saturated carbocycles. The van der Waals surface area contributed by atoms with Crippen LogP contribution in [0, 0.1) is 23.0 Å². The van der Waals surface area contributed by atoms with Crippen molar-refractivity contribution in [1.82, 2.24) is 0 Å². The Morgan fingerprint density at radius 3 is 2.65 bits per heavy atom. The molecule has 1 fully saturated rings. The molecule has 0 saturated heterocycles. The fourth-order valence-corrected chi connectivity index (χ4v) is 4.17. The summed E-state index contributed by atoms with van der Waals surface area (Å²) < 4.78 is 26.9. The molecule has 0 aromatic heterocycles. The first-order chi connectivity index (χ1) is 7.92. The second-order valence-electron chi connectivity index (χ2n) is 5.55. The molecule has 0 aliphatic heterocycles. The number of hydrogen-bond acceptors (Lipinski definition) is 0. The molecule has 0 radical (unpaired) electrons. The van der Waals surface area contributed by atoms with Crippen LogP contribution in [0.15, 0.2) is 18.2 Å². The molecule has 1 aliphatic rings. The minimum absolute atomic E-state index is 0.101. The molecular formula is C14H17BrF2. The highest BCUT2D eigenvalue weighted by molar-refractivity contribution is 9.09. The summed E-state index contributed by atoms with van der Waals surface area (Å²) in [6.07, 6.45) is 3.38. The minimum Gasteiger partial charge on any atom is -0.207 e. The van der Waals surface area contributed by atoms with Crippen LogP contribution < -0.4 is 0 Å². The normalized spacial score (nSPS) is 24.9. The highest BCUT2D eigenvalue weighted by atomic mass is 79.9. The van der Waals surface area contributed by atoms with Crippen molar-refractivity contribution in [3.63, 3.8) is 0 Å². The molecule has 0 spiro atoms. The molecule has 0 amide bonds. The van der Waals surface area contributed by atoms with Crippen LogP contribution in [0.5, 0.6) is 0 Å². The second kappa shape index (κ2) is 4.68. The summed E-state index contributed by atoms with van der Waals surface area (Å²) >= 11 is 3.57. The first kappa shape index (κ1) is 13.0. The van der Waals surface area contributed by atoms with E-state index in [1.807, 2.05) is 0 Å². The summed E-state index contributed by atoms with van der Waals surface area (Å²) in [4.78, 5) is -0.101. The Hall–Kier alpha value is -0.440. The highest BCUT2D eigenvalue weighted by Crippen LogP contribution is 2.52. The second-order valence-corrected chi connectivity index (χ2v) is 6.54. The summed E-state index contributed by atoms with van der Waals surface area (Å²) in [5.74, 6) is -0.337. The molecule has 0 nitrogen and oxygen atoms in total. The molecular weight excluding hydrogens is 286 g/mol. The summed E-state index contributed by atoms with van der Waals surface area (Å²) in [6.45, 7) is 4.41. The maximum atomic E-state index is 13.7. The van der Waals surface area contributed by atoms with Gasteiger partial charge in [0.1, 0.15) is 11.6 Å². The van der Waals surface area contributed by atoms with Crippen LogP contribution >= 0.6 is 15.9 Å². The molecule has 0 heterocycles. The lowest BCUT2D eigenvalue weighted by molar-refractivity contribution is 0.255. The Balaban J connectivity index is 2.30. The molecule has 2 atom stereocenters. The lowest BCUT2D eigenvalue weighted by Crippen LogP contribution is -2.22. The smallest absolute Gasteiger partial charge is 0.127 e. The lowest BCUT2D eigenvalue weighted by atomic mass is 9.78. The number of halogens is 3. The average molecular weight is 303 g/mol. The Labute approximate surface area is 110 Å². The zero-order valence-electron chi connectivity index (χ0n) is 10.1. The summed E-state index contributed by atoms with van der Waals surface area (Å²) in [5.41, 5.74) is 0.636. The highest BCUT2D eigenvalue weighted by Gasteiger charge is 2.39. The number of rotatable bonds is 2. The van der Waals surface area contributed by atoms with E-state index in [9.17, 15) is 8.78 Å². The van der Waals surface area contributed by atoms with Gasteiger partial charge in [0.25, 0.3) is 0 Å². The number of hydrogen-bond donors (Lipinski definition) is 0. The van der Waals surface area contributed by atoms with Crippen LogP contribution in [-0.4, -0.2) is 0 Å². The van der Waals surface area contributed by atoms with Gasteiger partial charge in [-0.05, 0) is 42.4 Å². The quantitative estimate of drug-likeness (QED) is 0.656. The van der Waals surface area contributed by atoms with E-state index in [1.165, 1.54) is 18.2 Å². The van der Waals surface area contributed by atoms with Crippen molar-refractivity contribution < 1.29 is 8.78 Å². The number of alkyl halides is 1. The van der Waals surface area contributed by atoms with Crippen LogP contribution in [-0.2, 0) is 0 Å². The SMILES string of the molecule is CC1(C)CCCC1C(Br)c1cc(F)ccc1F. The zero-order chi connectivity index (χ0) is 12.6. The molecule has 3 heteroatoms. The van der Waals surface area contributed by atoms with Gasteiger partial charge in [0.05, 0.1) is 0 Å². The van der Waals surface area contributed by atoms with Gasteiger partial charge in [0.2, 0.25) is 0 Å². The van der Waals surface area contributed by atoms with Gasteiger partial charge in [-0.1, -0.05) is 36.2 Å². The van der Waals surface area contributed by atoms with Crippen molar-refractivity contribution in [3.8, 4) is 0 Å². The largest absolute Gasteiger partial charge is 0.207 e. The van der Waals surface area contributed by atoms with Crippen molar-refractivity contribution in [1.29, 1.82) is 0 Å². The van der Waals surface area contributed by atoms with E-state index in [1.54, 1.807) is 0 Å². The van der Waals surface area contributed by atoms with E-state index in [2.05, 4.69) is 29.8 Å². The summed E-state index contributed by atoms with van der Waals surface area (Å²) in [5, 5.41) is 0. The van der Waals surface area contributed by atoms with Crippen molar-refractivity contribution in [2.24, 2.45) is 11.3 Å². The molecule has 0 bridgehead atoms. The van der Waals surface area contributed by atoms with Gasteiger partial charge in [0.15, 0.2) is 0 Å². The first-order valence-corrected chi connectivity index (χ1v) is 6.92. The Morgan fingerprint density at radius 1 is 1.35 bits per heavy atom. The predicted octanol–water partition coefficient (Wildman–Crippen LogP) is 5.23. The van der Waals surface area contributed by atoms with E-state index in [-0.39, 0.29) is 21.9 Å². The van der Waals surface area contributed by atoms with Crippen molar-refractivity contribution >= 4 is 15.9 Å². The van der Waals surface area contributed by atoms with Crippen LogP contribution in [0.25, 0.3) is 0 Å². The molecule has 2 rings (SSSR count). The van der Waals surface area contributed by atoms with E-state index < -0.39 is 0 Å². The van der Waals surface area contributed by atoms with Crippen molar-refractivity contribution in [2.75, 3.05) is 0 Å². The fourth-order valence-electron chi connectivity index (χ4n) is 2.84. The van der Waals surface area contributed by atoms with Crippen LogP contribution in [0.4, 0.5) is 8.78 Å². The van der Waals surface area contributed by atoms with E-state index >= 15 is 0 Å². The fraction of sp³-hybridized carbons (Fsp3) is 0.571. The molecule has 2 unspecified atom stereocenters. The molecule has 0 N–H and O–H groups in total. The van der Waals surface area contributed by atoms with Gasteiger partial charge in [0, 0.05) is 10.4 Å². The topological polar surface area (TPSA) is 0 Å². The average Bonchev–Trinajstić information content (AvgIpc) is 2.61. The third-order valence-corrected chi connectivity index (χ3v) is 5.08. The molecule has 1 aromatic carbocycles. The summed E-state index contributed by atoms with van der Waals surface area (Å²) in [7, 11) is 0. The van der Waals surface area contributed by atoms with Gasteiger partial charge in [-0.3, -0.25) is 0 Å². The van der Waals surface area contributed by atoms with Gasteiger partial charge in [-0.25, -0.2) is 8.78 Å². The van der Waals surface area contributed by atoms with E-state index in [0.29, 0.717) is 11.5 Å². The van der Waals surface area contributed by atoms with Crippen molar-refractivity contribution in [2.45, 2.75) is 37.9 Å². The molecule has 1 aromatic rings. The van der Waals surface area contributed by atoms with E-state index in [0.717, 1.165) is 19.3 Å². The lowest BCUT2D eigenvalue weighted by Gasteiger charge is -2.31. The Morgan fingerprint density at radius 2 is 2.06 bits per heavy atom. The first-order valence-electron chi connectivity index (χ1n) is 6.01. The van der Waals surface area contributed by atoms with Gasteiger partial charge in [-0.2, -0.15) is 0 Å². The maximum Gasteiger partial charge on any atom is 0.127 e. The third-order valence-electron chi connectivity index (χ3n) is 3.95. The van der Waals surface area contributed by atoms with Crippen molar-refractivity contribution in [3.05, 3.63) is 35.4 Å². The molecule has 94 valence electrons. The molecule has 17 heavy (non-hydrogen) atoms. The standard InChI is InChI=1S/C14H17BrF2/c1-14(2)7-3-4-11(14)13(15)10-8-9(16)5-6-12(10)17/h5-6,8,11,13H,3-4,7H2,1-2H3. The van der Waals surface area contributed by atoms with Crippen LogP contribution in [0.3, 0.4) is 0 Å². The van der Waals surface area contributed by atoms with Gasteiger partial charge < -0.3 is 0 Å².